The van der Waals surface area contributed by atoms with Crippen molar-refractivity contribution in [1.29, 1.82) is 0 Å². The van der Waals surface area contributed by atoms with Crippen LogP contribution < -0.4 is 9.64 Å². The lowest BCUT2D eigenvalue weighted by Gasteiger charge is -2.20. The lowest BCUT2D eigenvalue weighted by Crippen LogP contribution is -2.30. The molecule has 0 aliphatic heterocycles. The van der Waals surface area contributed by atoms with Crippen molar-refractivity contribution < 1.29 is 17.9 Å². The second-order valence-corrected chi connectivity index (χ2v) is 10.4. The molecule has 32 heavy (non-hydrogen) atoms. The van der Waals surface area contributed by atoms with E-state index in [1.54, 1.807) is 24.1 Å². The molecule has 0 saturated heterocycles. The Labute approximate surface area is 191 Å². The molecular formula is C24H22N2O4S2. The quantitative estimate of drug-likeness (QED) is 0.405. The van der Waals surface area contributed by atoms with E-state index in [9.17, 15) is 13.2 Å². The minimum atomic E-state index is -3.44. The molecule has 0 saturated carbocycles. The third kappa shape index (κ3) is 4.37. The predicted octanol–water partition coefficient (Wildman–Crippen LogP) is 4.86. The number of carbonyl (C=O) groups excluding carboxylic acids is 1. The first kappa shape index (κ1) is 22.0. The third-order valence-corrected chi connectivity index (χ3v) is 7.40. The molecule has 0 aliphatic rings. The summed E-state index contributed by atoms with van der Waals surface area (Å²) in [6.07, 6.45) is 1.13. The van der Waals surface area contributed by atoms with Gasteiger partial charge in [-0.1, -0.05) is 53.8 Å². The summed E-state index contributed by atoms with van der Waals surface area (Å²) in [5.74, 6) is 0.314. The summed E-state index contributed by atoms with van der Waals surface area (Å²) in [7, 11) is -1.85. The van der Waals surface area contributed by atoms with E-state index in [-0.39, 0.29) is 16.4 Å². The number of thiazole rings is 1. The third-order valence-electron chi connectivity index (χ3n) is 5.08. The van der Waals surface area contributed by atoms with Gasteiger partial charge in [-0.3, -0.25) is 9.69 Å². The topological polar surface area (TPSA) is 76.6 Å². The molecule has 1 aromatic heterocycles. The van der Waals surface area contributed by atoms with Crippen LogP contribution >= 0.6 is 11.3 Å². The van der Waals surface area contributed by atoms with Crippen LogP contribution in [0.15, 0.2) is 71.6 Å². The SMILES string of the molecule is COc1ccc(C)c2sc(N(Cc3ccccc3)C(=O)c3cccc(S(C)(=O)=O)c3)nc12. The van der Waals surface area contributed by atoms with E-state index in [1.165, 1.54) is 23.5 Å². The molecule has 164 valence electrons. The molecule has 0 fully saturated rings. The maximum atomic E-state index is 13.6. The number of hydrogen-bond donors (Lipinski definition) is 0. The number of amides is 1. The monoisotopic (exact) mass is 466 g/mol. The Hall–Kier alpha value is -3.23. The van der Waals surface area contributed by atoms with E-state index in [0.717, 1.165) is 22.1 Å². The normalized spacial score (nSPS) is 11.5. The summed E-state index contributed by atoms with van der Waals surface area (Å²) in [5, 5.41) is 0.520. The van der Waals surface area contributed by atoms with Crippen molar-refractivity contribution in [2.45, 2.75) is 18.4 Å². The van der Waals surface area contributed by atoms with Gasteiger partial charge in [0, 0.05) is 11.8 Å². The second kappa shape index (κ2) is 8.72. The lowest BCUT2D eigenvalue weighted by atomic mass is 10.1. The van der Waals surface area contributed by atoms with Crippen LogP contribution in [0.1, 0.15) is 21.5 Å². The van der Waals surface area contributed by atoms with E-state index >= 15 is 0 Å². The van der Waals surface area contributed by atoms with Crippen molar-refractivity contribution in [2.75, 3.05) is 18.3 Å². The number of aromatic nitrogens is 1. The molecule has 0 N–H and O–H groups in total. The van der Waals surface area contributed by atoms with Gasteiger partial charge in [-0.05, 0) is 42.3 Å². The highest BCUT2D eigenvalue weighted by Gasteiger charge is 2.24. The number of rotatable bonds is 6. The fraction of sp³-hybridized carbons (Fsp3) is 0.167. The van der Waals surface area contributed by atoms with Crippen LogP contribution in [0.3, 0.4) is 0 Å². The molecule has 8 heteroatoms. The molecule has 0 aliphatic carbocycles. The first-order chi connectivity index (χ1) is 15.3. The average molecular weight is 467 g/mol. The van der Waals surface area contributed by atoms with Crippen molar-refractivity contribution in [3.8, 4) is 5.75 Å². The molecule has 0 radical (unpaired) electrons. The molecule has 0 atom stereocenters. The van der Waals surface area contributed by atoms with Crippen LogP contribution in [0.25, 0.3) is 10.2 Å². The van der Waals surface area contributed by atoms with Crippen molar-refractivity contribution in [3.63, 3.8) is 0 Å². The van der Waals surface area contributed by atoms with Crippen LogP contribution in [-0.2, 0) is 16.4 Å². The number of hydrogen-bond acceptors (Lipinski definition) is 6. The van der Waals surface area contributed by atoms with Crippen LogP contribution in [0, 0.1) is 6.92 Å². The first-order valence-electron chi connectivity index (χ1n) is 9.88. The van der Waals surface area contributed by atoms with Crippen molar-refractivity contribution in [1.82, 2.24) is 4.98 Å². The van der Waals surface area contributed by atoms with Gasteiger partial charge in [-0.2, -0.15) is 0 Å². The van der Waals surface area contributed by atoms with Crippen molar-refractivity contribution >= 4 is 42.4 Å². The Morgan fingerprint density at radius 3 is 2.50 bits per heavy atom. The van der Waals surface area contributed by atoms with E-state index in [2.05, 4.69) is 0 Å². The number of carbonyl (C=O) groups is 1. The zero-order valence-corrected chi connectivity index (χ0v) is 19.5. The summed E-state index contributed by atoms with van der Waals surface area (Å²) in [5.41, 5.74) is 2.95. The summed E-state index contributed by atoms with van der Waals surface area (Å²) in [6, 6.07) is 19.5. The maximum Gasteiger partial charge on any atom is 0.260 e. The second-order valence-electron chi connectivity index (χ2n) is 7.44. The van der Waals surface area contributed by atoms with E-state index in [1.807, 2.05) is 49.4 Å². The summed E-state index contributed by atoms with van der Waals surface area (Å²) >= 11 is 1.41. The van der Waals surface area contributed by atoms with Crippen LogP contribution in [0.4, 0.5) is 5.13 Å². The molecule has 0 spiro atoms. The Morgan fingerprint density at radius 1 is 1.06 bits per heavy atom. The summed E-state index contributed by atoms with van der Waals surface area (Å²) in [6.45, 7) is 2.28. The number of nitrogens with zero attached hydrogens (tertiary/aromatic N) is 2. The average Bonchev–Trinajstić information content (AvgIpc) is 3.24. The molecule has 1 amide bonds. The van der Waals surface area contributed by atoms with Gasteiger partial charge in [0.15, 0.2) is 15.0 Å². The molecular weight excluding hydrogens is 444 g/mol. The zero-order chi connectivity index (χ0) is 22.9. The first-order valence-corrected chi connectivity index (χ1v) is 12.6. The largest absolute Gasteiger partial charge is 0.494 e. The van der Waals surface area contributed by atoms with E-state index < -0.39 is 9.84 Å². The zero-order valence-electron chi connectivity index (χ0n) is 17.9. The van der Waals surface area contributed by atoms with Crippen LogP contribution in [0.5, 0.6) is 5.75 Å². The highest BCUT2D eigenvalue weighted by Crippen LogP contribution is 2.37. The van der Waals surface area contributed by atoms with Gasteiger partial charge in [0.25, 0.3) is 5.91 Å². The highest BCUT2D eigenvalue weighted by molar-refractivity contribution is 7.90. The van der Waals surface area contributed by atoms with Gasteiger partial charge in [0.2, 0.25) is 0 Å². The number of anilines is 1. The van der Waals surface area contributed by atoms with Crippen molar-refractivity contribution in [3.05, 3.63) is 83.4 Å². The standard InChI is InChI=1S/C24H22N2O4S2/c1-16-12-13-20(30-2)21-22(16)31-24(25-21)26(15-17-8-5-4-6-9-17)23(27)18-10-7-11-19(14-18)32(3,28)29/h4-14H,15H2,1-3H3. The molecule has 6 nitrogen and oxygen atoms in total. The minimum Gasteiger partial charge on any atom is -0.494 e. The van der Waals surface area contributed by atoms with Gasteiger partial charge in [-0.15, -0.1) is 0 Å². The van der Waals surface area contributed by atoms with Gasteiger partial charge in [-0.25, -0.2) is 13.4 Å². The molecule has 0 unspecified atom stereocenters. The van der Waals surface area contributed by atoms with Crippen LogP contribution in [0.2, 0.25) is 0 Å². The Morgan fingerprint density at radius 2 is 1.81 bits per heavy atom. The Balaban J connectivity index is 1.84. The van der Waals surface area contributed by atoms with E-state index in [4.69, 9.17) is 9.72 Å². The predicted molar refractivity (Wildman–Crippen MR) is 127 cm³/mol. The molecule has 0 bridgehead atoms. The molecule has 4 aromatic rings. The number of fused-ring (bicyclic) bond motifs is 1. The summed E-state index contributed by atoms with van der Waals surface area (Å²) < 4.78 is 30.4. The number of ether oxygens (including phenoxy) is 1. The Kier molecular flexibility index (Phi) is 5.99. The van der Waals surface area contributed by atoms with E-state index in [0.29, 0.717) is 22.9 Å². The number of aryl methyl sites for hydroxylation is 1. The highest BCUT2D eigenvalue weighted by atomic mass is 32.2. The number of benzene rings is 3. The number of methoxy groups -OCH3 is 1. The van der Waals surface area contributed by atoms with Gasteiger partial charge < -0.3 is 4.74 Å². The van der Waals surface area contributed by atoms with Gasteiger partial charge in [0.05, 0.1) is 23.2 Å². The minimum absolute atomic E-state index is 0.102. The molecule has 4 rings (SSSR count). The Bertz CT molecular complexity index is 1400. The fourth-order valence-corrected chi connectivity index (χ4v) is 5.10. The van der Waals surface area contributed by atoms with Crippen LogP contribution in [-0.4, -0.2) is 32.7 Å². The molecule has 1 heterocycles. The lowest BCUT2D eigenvalue weighted by molar-refractivity contribution is 0.0985. The fourth-order valence-electron chi connectivity index (χ4n) is 3.39. The van der Waals surface area contributed by atoms with Crippen molar-refractivity contribution in [2.24, 2.45) is 0 Å². The summed E-state index contributed by atoms with van der Waals surface area (Å²) in [4.78, 5) is 20.0. The van der Waals surface area contributed by atoms with Gasteiger partial charge in [0.1, 0.15) is 11.3 Å². The number of sulfone groups is 1. The maximum absolute atomic E-state index is 13.6. The smallest absolute Gasteiger partial charge is 0.260 e. The van der Waals surface area contributed by atoms with Gasteiger partial charge >= 0.3 is 0 Å². The molecule has 3 aromatic carbocycles.